The summed E-state index contributed by atoms with van der Waals surface area (Å²) in [6.45, 7) is 3.54. The zero-order valence-corrected chi connectivity index (χ0v) is 12.2. The summed E-state index contributed by atoms with van der Waals surface area (Å²) >= 11 is 0. The summed E-state index contributed by atoms with van der Waals surface area (Å²) in [4.78, 5) is 26.2. The van der Waals surface area contributed by atoms with Gasteiger partial charge in [-0.3, -0.25) is 14.9 Å². The van der Waals surface area contributed by atoms with Crippen LogP contribution in [-0.4, -0.2) is 42.6 Å². The van der Waals surface area contributed by atoms with Crippen molar-refractivity contribution in [3.8, 4) is 0 Å². The number of ether oxygens (including phenoxy) is 1. The second kappa shape index (κ2) is 8.85. The summed E-state index contributed by atoms with van der Waals surface area (Å²) in [7, 11) is 1.62. The van der Waals surface area contributed by atoms with Crippen molar-refractivity contribution in [1.29, 1.82) is 0 Å². The summed E-state index contributed by atoms with van der Waals surface area (Å²) < 4.78 is 4.92. The Morgan fingerprint density at radius 2 is 2.24 bits per heavy atom. The number of nitrogens with one attached hydrogen (secondary N) is 2. The summed E-state index contributed by atoms with van der Waals surface area (Å²) in [5, 5.41) is 16.4. The number of carbonyl (C=O) groups is 1. The molecule has 1 aromatic rings. The molecule has 0 bridgehead atoms. The highest BCUT2D eigenvalue weighted by atomic mass is 16.6. The van der Waals surface area contributed by atoms with Gasteiger partial charge < -0.3 is 15.4 Å². The van der Waals surface area contributed by atoms with Gasteiger partial charge in [0, 0.05) is 32.9 Å². The minimum atomic E-state index is -0.571. The number of hydrogen-bond donors (Lipinski definition) is 2. The minimum Gasteiger partial charge on any atom is -0.385 e. The molecular weight excluding hydrogens is 276 g/mol. The Hall–Kier alpha value is -2.22. The second-order valence-electron chi connectivity index (χ2n) is 4.33. The molecule has 0 saturated carbocycles. The molecule has 0 saturated heterocycles. The number of hydrogen-bond acceptors (Lipinski definition) is 6. The number of unbranched alkanes of at least 4 members (excludes halogenated alkanes) is 1. The van der Waals surface area contributed by atoms with Crippen molar-refractivity contribution in [2.24, 2.45) is 0 Å². The largest absolute Gasteiger partial charge is 0.385 e. The SMILES string of the molecule is CCNc1ncc([N+](=O)[O-])cc1C(=O)NCCCCOC. The Bertz CT molecular complexity index is 493. The first-order valence-electron chi connectivity index (χ1n) is 6.75. The first-order chi connectivity index (χ1) is 10.1. The molecule has 0 atom stereocenters. The van der Waals surface area contributed by atoms with Crippen molar-refractivity contribution in [2.45, 2.75) is 19.8 Å². The molecule has 8 heteroatoms. The first kappa shape index (κ1) is 16.8. The van der Waals surface area contributed by atoms with Crippen LogP contribution < -0.4 is 10.6 Å². The number of pyridine rings is 1. The lowest BCUT2D eigenvalue weighted by Crippen LogP contribution is -2.26. The highest BCUT2D eigenvalue weighted by Gasteiger charge is 2.17. The normalized spacial score (nSPS) is 10.2. The number of anilines is 1. The standard InChI is InChI=1S/C13H20N4O4/c1-3-14-12-11(8-10(9-16-12)17(19)20)13(18)15-6-4-5-7-21-2/h8-9H,3-7H2,1-2H3,(H,14,16)(H,15,18). The number of rotatable bonds is 9. The molecule has 0 radical (unpaired) electrons. The molecule has 0 aliphatic heterocycles. The van der Waals surface area contributed by atoms with Gasteiger partial charge in [0.15, 0.2) is 0 Å². The van der Waals surface area contributed by atoms with E-state index in [1.807, 2.05) is 6.92 Å². The fourth-order valence-corrected chi connectivity index (χ4v) is 1.70. The molecule has 0 aliphatic rings. The molecule has 0 unspecified atom stereocenters. The van der Waals surface area contributed by atoms with E-state index in [1.165, 1.54) is 6.07 Å². The number of methoxy groups -OCH3 is 1. The molecule has 8 nitrogen and oxygen atoms in total. The predicted octanol–water partition coefficient (Wildman–Crippen LogP) is 1.58. The topological polar surface area (TPSA) is 106 Å². The van der Waals surface area contributed by atoms with E-state index in [4.69, 9.17) is 4.74 Å². The molecule has 1 heterocycles. The van der Waals surface area contributed by atoms with Crippen LogP contribution in [0.5, 0.6) is 0 Å². The Morgan fingerprint density at radius 3 is 2.86 bits per heavy atom. The molecule has 1 aromatic heterocycles. The third kappa shape index (κ3) is 5.35. The zero-order valence-electron chi connectivity index (χ0n) is 12.2. The van der Waals surface area contributed by atoms with Gasteiger partial charge in [0.05, 0.1) is 10.5 Å². The van der Waals surface area contributed by atoms with E-state index >= 15 is 0 Å². The fourth-order valence-electron chi connectivity index (χ4n) is 1.70. The lowest BCUT2D eigenvalue weighted by Gasteiger charge is -2.10. The monoisotopic (exact) mass is 296 g/mol. The van der Waals surface area contributed by atoms with Crippen molar-refractivity contribution in [2.75, 3.05) is 32.1 Å². The van der Waals surface area contributed by atoms with Crippen LogP contribution in [0, 0.1) is 10.1 Å². The van der Waals surface area contributed by atoms with E-state index in [-0.39, 0.29) is 17.2 Å². The Labute approximate surface area is 123 Å². The predicted molar refractivity (Wildman–Crippen MR) is 78.5 cm³/mol. The molecule has 0 fully saturated rings. The summed E-state index contributed by atoms with van der Waals surface area (Å²) in [6, 6.07) is 1.23. The smallest absolute Gasteiger partial charge is 0.288 e. The highest BCUT2D eigenvalue weighted by molar-refractivity contribution is 5.99. The molecule has 21 heavy (non-hydrogen) atoms. The first-order valence-corrected chi connectivity index (χ1v) is 6.75. The Kier molecular flexibility index (Phi) is 7.10. The van der Waals surface area contributed by atoms with E-state index < -0.39 is 4.92 Å². The van der Waals surface area contributed by atoms with E-state index in [1.54, 1.807) is 7.11 Å². The van der Waals surface area contributed by atoms with Crippen molar-refractivity contribution < 1.29 is 14.5 Å². The highest BCUT2D eigenvalue weighted by Crippen LogP contribution is 2.19. The van der Waals surface area contributed by atoms with Crippen LogP contribution in [0.1, 0.15) is 30.1 Å². The van der Waals surface area contributed by atoms with Gasteiger partial charge in [-0.1, -0.05) is 0 Å². The maximum Gasteiger partial charge on any atom is 0.288 e. The van der Waals surface area contributed by atoms with Crippen LogP contribution in [0.25, 0.3) is 0 Å². The summed E-state index contributed by atoms with van der Waals surface area (Å²) in [6.07, 6.45) is 2.75. The number of nitrogens with zero attached hydrogens (tertiary/aromatic N) is 2. The third-order valence-electron chi connectivity index (χ3n) is 2.73. The molecule has 1 amide bonds. The second-order valence-corrected chi connectivity index (χ2v) is 4.33. The van der Waals surface area contributed by atoms with E-state index in [0.717, 1.165) is 19.0 Å². The third-order valence-corrected chi connectivity index (χ3v) is 2.73. The average molecular weight is 296 g/mol. The van der Waals surface area contributed by atoms with Crippen LogP contribution in [0.15, 0.2) is 12.3 Å². The molecule has 1 rings (SSSR count). The number of carbonyl (C=O) groups excluding carboxylic acids is 1. The Balaban J connectivity index is 2.74. The lowest BCUT2D eigenvalue weighted by atomic mass is 10.2. The van der Waals surface area contributed by atoms with Gasteiger partial charge >= 0.3 is 0 Å². The summed E-state index contributed by atoms with van der Waals surface area (Å²) in [5.74, 6) is -0.0305. The van der Waals surface area contributed by atoms with Crippen molar-refractivity contribution in [3.63, 3.8) is 0 Å². The minimum absolute atomic E-state index is 0.179. The van der Waals surface area contributed by atoms with Gasteiger partial charge in [0.1, 0.15) is 12.0 Å². The zero-order chi connectivity index (χ0) is 15.7. The van der Waals surface area contributed by atoms with E-state index in [2.05, 4.69) is 15.6 Å². The number of aromatic nitrogens is 1. The van der Waals surface area contributed by atoms with Crippen molar-refractivity contribution in [3.05, 3.63) is 27.9 Å². The molecule has 116 valence electrons. The number of nitro groups is 1. The van der Waals surface area contributed by atoms with Crippen LogP contribution in [0.3, 0.4) is 0 Å². The molecule has 0 spiro atoms. The average Bonchev–Trinajstić information content (AvgIpc) is 2.47. The van der Waals surface area contributed by atoms with Gasteiger partial charge in [-0.15, -0.1) is 0 Å². The number of amides is 1. The van der Waals surface area contributed by atoms with Crippen LogP contribution >= 0.6 is 0 Å². The van der Waals surface area contributed by atoms with Crippen LogP contribution in [-0.2, 0) is 4.74 Å². The Morgan fingerprint density at radius 1 is 1.48 bits per heavy atom. The molecule has 0 aliphatic carbocycles. The molecule has 0 aromatic carbocycles. The van der Waals surface area contributed by atoms with E-state index in [0.29, 0.717) is 25.5 Å². The fraction of sp³-hybridized carbons (Fsp3) is 0.538. The van der Waals surface area contributed by atoms with Crippen molar-refractivity contribution in [1.82, 2.24) is 10.3 Å². The van der Waals surface area contributed by atoms with Gasteiger partial charge in [0.25, 0.3) is 11.6 Å². The molecular formula is C13H20N4O4. The quantitative estimate of drug-likeness (QED) is 0.407. The van der Waals surface area contributed by atoms with E-state index in [9.17, 15) is 14.9 Å². The van der Waals surface area contributed by atoms with Gasteiger partial charge in [-0.25, -0.2) is 4.98 Å². The maximum atomic E-state index is 12.1. The molecule has 2 N–H and O–H groups in total. The lowest BCUT2D eigenvalue weighted by molar-refractivity contribution is -0.385. The summed E-state index contributed by atoms with van der Waals surface area (Å²) in [5.41, 5.74) is -0.0287. The maximum absolute atomic E-state index is 12.1. The van der Waals surface area contributed by atoms with Crippen LogP contribution in [0.4, 0.5) is 11.5 Å². The van der Waals surface area contributed by atoms with Crippen LogP contribution in [0.2, 0.25) is 0 Å². The van der Waals surface area contributed by atoms with Gasteiger partial charge in [-0.05, 0) is 19.8 Å². The van der Waals surface area contributed by atoms with Crippen molar-refractivity contribution >= 4 is 17.4 Å². The van der Waals surface area contributed by atoms with Gasteiger partial charge in [-0.2, -0.15) is 0 Å². The van der Waals surface area contributed by atoms with Gasteiger partial charge in [0.2, 0.25) is 0 Å².